The third kappa shape index (κ3) is 34.4. The molecule has 0 spiro atoms. The van der Waals surface area contributed by atoms with Crippen LogP contribution in [-0.2, 0) is 48.6 Å². The fourth-order valence-corrected chi connectivity index (χ4v) is 4.68. The largest absolute Gasteiger partial charge is 2.00 e. The van der Waals surface area contributed by atoms with E-state index in [0.29, 0.717) is 25.7 Å². The van der Waals surface area contributed by atoms with Crippen LogP contribution in [0.5, 0.6) is 0 Å². The second-order valence-corrected chi connectivity index (χ2v) is 11.0. The topological polar surface area (TPSA) is 133 Å². The summed E-state index contributed by atoms with van der Waals surface area (Å²) in [7, 11) is -9.10. The molecule has 208 valence electrons. The van der Waals surface area contributed by atoms with Crippen LogP contribution >= 0.6 is 0 Å². The first-order chi connectivity index (χ1) is 16.0. The summed E-state index contributed by atoms with van der Waals surface area (Å²) < 4.78 is 72.5. The SMILES string of the molecule is CCCCCCCC(CCCC)OS(=O)(=O)[O-].CCCCCCCC(CCCC)OS(=O)(=O)[O-].[Zn+2]. The van der Waals surface area contributed by atoms with Crippen molar-refractivity contribution in [3.05, 3.63) is 0 Å². The van der Waals surface area contributed by atoms with Crippen LogP contribution in [0.15, 0.2) is 0 Å². The first kappa shape index (κ1) is 39.9. The van der Waals surface area contributed by atoms with Crippen molar-refractivity contribution in [2.24, 2.45) is 0 Å². The van der Waals surface area contributed by atoms with Gasteiger partial charge in [0.2, 0.25) is 20.8 Å². The molecule has 8 nitrogen and oxygen atoms in total. The zero-order valence-electron chi connectivity index (χ0n) is 22.7. The van der Waals surface area contributed by atoms with Gasteiger partial charge in [-0.25, -0.2) is 16.8 Å². The molecule has 35 heavy (non-hydrogen) atoms. The summed E-state index contributed by atoms with van der Waals surface area (Å²) in [6.45, 7) is 8.36. The van der Waals surface area contributed by atoms with Crippen molar-refractivity contribution in [1.82, 2.24) is 0 Å². The number of unbranched alkanes of at least 4 members (excludes halogenated alkanes) is 10. The molecule has 0 aromatic rings. The van der Waals surface area contributed by atoms with E-state index >= 15 is 0 Å². The predicted octanol–water partition coefficient (Wildman–Crippen LogP) is 6.76. The quantitative estimate of drug-likeness (QED) is 0.0580. The van der Waals surface area contributed by atoms with Gasteiger partial charge in [-0.05, 0) is 25.7 Å². The van der Waals surface area contributed by atoms with E-state index in [0.717, 1.165) is 51.4 Å². The molecule has 2 unspecified atom stereocenters. The van der Waals surface area contributed by atoms with Gasteiger partial charge < -0.3 is 9.11 Å². The van der Waals surface area contributed by atoms with Crippen molar-refractivity contribution in [1.29, 1.82) is 0 Å². The zero-order chi connectivity index (χ0) is 26.3. The molecule has 0 rings (SSSR count). The Kier molecular flexibility index (Phi) is 29.6. The Balaban J connectivity index is -0.000000569. The molecule has 0 N–H and O–H groups in total. The number of hydrogen-bond donors (Lipinski definition) is 0. The molecule has 0 aromatic carbocycles. The van der Waals surface area contributed by atoms with Crippen molar-refractivity contribution in [2.75, 3.05) is 0 Å². The Morgan fingerprint density at radius 3 is 1.00 bits per heavy atom. The van der Waals surface area contributed by atoms with Crippen LogP contribution in [0.3, 0.4) is 0 Å². The molecule has 11 heteroatoms. The van der Waals surface area contributed by atoms with Crippen LogP contribution < -0.4 is 0 Å². The monoisotopic (exact) mass is 594 g/mol. The average molecular weight is 596 g/mol. The molecule has 0 saturated carbocycles. The van der Waals surface area contributed by atoms with Crippen LogP contribution in [0.2, 0.25) is 0 Å². The molecule has 0 aliphatic rings. The van der Waals surface area contributed by atoms with Crippen LogP contribution in [-0.4, -0.2) is 38.1 Å². The normalized spacial score (nSPS) is 13.4. The van der Waals surface area contributed by atoms with Crippen LogP contribution in [0.1, 0.15) is 143 Å². The first-order valence-electron chi connectivity index (χ1n) is 13.3. The van der Waals surface area contributed by atoms with Crippen LogP contribution in [0.25, 0.3) is 0 Å². The molecule has 0 aliphatic heterocycles. The molecule has 0 aromatic heterocycles. The molecule has 0 saturated heterocycles. The zero-order valence-corrected chi connectivity index (χ0v) is 27.3. The minimum atomic E-state index is -4.55. The van der Waals surface area contributed by atoms with E-state index in [1.807, 2.05) is 13.8 Å². The molecule has 2 atom stereocenters. The summed E-state index contributed by atoms with van der Waals surface area (Å²) >= 11 is 0. The van der Waals surface area contributed by atoms with Gasteiger partial charge in [0.25, 0.3) is 0 Å². The number of hydrogen-bond acceptors (Lipinski definition) is 8. The third-order valence-electron chi connectivity index (χ3n) is 5.53. The van der Waals surface area contributed by atoms with Gasteiger partial charge in [0.15, 0.2) is 0 Å². The van der Waals surface area contributed by atoms with Crippen molar-refractivity contribution in [2.45, 2.75) is 155 Å². The van der Waals surface area contributed by atoms with Gasteiger partial charge in [-0.2, -0.15) is 0 Å². The molecule has 0 fully saturated rings. The molecule has 0 bridgehead atoms. The van der Waals surface area contributed by atoms with Gasteiger partial charge >= 0.3 is 19.5 Å². The Morgan fingerprint density at radius 2 is 0.743 bits per heavy atom. The second kappa shape index (κ2) is 26.0. The average Bonchev–Trinajstić information content (AvgIpc) is 2.73. The summed E-state index contributed by atoms with van der Waals surface area (Å²) in [5.74, 6) is 0. The van der Waals surface area contributed by atoms with E-state index in [9.17, 15) is 25.9 Å². The van der Waals surface area contributed by atoms with Gasteiger partial charge in [0.05, 0.1) is 12.2 Å². The Morgan fingerprint density at radius 1 is 0.486 bits per heavy atom. The summed E-state index contributed by atoms with van der Waals surface area (Å²) in [6.07, 6.45) is 16.7. The predicted molar refractivity (Wildman–Crippen MR) is 135 cm³/mol. The maximum absolute atomic E-state index is 10.6. The Bertz CT molecular complexity index is 586. The molecular weight excluding hydrogens is 546 g/mol. The minimum absolute atomic E-state index is 0. The second-order valence-electron chi connectivity index (χ2n) is 8.94. The molecule has 0 radical (unpaired) electrons. The smallest absolute Gasteiger partial charge is 0.726 e. The van der Waals surface area contributed by atoms with E-state index in [4.69, 9.17) is 0 Å². The van der Waals surface area contributed by atoms with Crippen molar-refractivity contribution >= 4 is 20.8 Å². The third-order valence-corrected chi connectivity index (χ3v) is 6.54. The summed E-state index contributed by atoms with van der Waals surface area (Å²) in [4.78, 5) is 0. The van der Waals surface area contributed by atoms with Crippen LogP contribution in [0, 0.1) is 0 Å². The fourth-order valence-electron chi connectivity index (χ4n) is 3.63. The molecular formula is C24H50O8S2Zn. The molecule has 0 amide bonds. The van der Waals surface area contributed by atoms with E-state index in [2.05, 4.69) is 22.2 Å². The van der Waals surface area contributed by atoms with Crippen molar-refractivity contribution in [3.63, 3.8) is 0 Å². The van der Waals surface area contributed by atoms with Gasteiger partial charge in [0.1, 0.15) is 0 Å². The van der Waals surface area contributed by atoms with Crippen molar-refractivity contribution < 1.29 is 53.8 Å². The summed E-state index contributed by atoms with van der Waals surface area (Å²) in [5.41, 5.74) is 0. The Hall–Kier alpha value is 0.363. The van der Waals surface area contributed by atoms with E-state index in [1.165, 1.54) is 38.5 Å². The van der Waals surface area contributed by atoms with Crippen molar-refractivity contribution in [3.8, 4) is 0 Å². The van der Waals surface area contributed by atoms with E-state index in [-0.39, 0.29) is 19.5 Å². The maximum Gasteiger partial charge on any atom is 2.00 e. The summed E-state index contributed by atoms with van der Waals surface area (Å²) in [5, 5.41) is 0. The van der Waals surface area contributed by atoms with E-state index < -0.39 is 33.0 Å². The molecule has 0 heterocycles. The van der Waals surface area contributed by atoms with Gasteiger partial charge in [-0.1, -0.05) is 118 Å². The minimum Gasteiger partial charge on any atom is -0.726 e. The maximum atomic E-state index is 10.6. The standard InChI is InChI=1S/2C12H26O4S.Zn/c2*1-3-5-7-8-9-11-12(10-6-4-2)16-17(13,14)15;/h2*12H,3-11H2,1-2H3,(H,13,14,15);/q;;+2/p-2. The Labute approximate surface area is 229 Å². The number of rotatable bonds is 22. The van der Waals surface area contributed by atoms with E-state index in [1.54, 1.807) is 0 Å². The van der Waals surface area contributed by atoms with Crippen LogP contribution in [0.4, 0.5) is 0 Å². The fraction of sp³-hybridized carbons (Fsp3) is 1.00. The van der Waals surface area contributed by atoms with Gasteiger partial charge in [0, 0.05) is 0 Å². The van der Waals surface area contributed by atoms with Gasteiger partial charge in [-0.15, -0.1) is 0 Å². The van der Waals surface area contributed by atoms with Gasteiger partial charge in [-0.3, -0.25) is 8.37 Å². The first-order valence-corrected chi connectivity index (χ1v) is 15.9. The molecule has 0 aliphatic carbocycles. The summed E-state index contributed by atoms with van der Waals surface area (Å²) in [6, 6.07) is 0.